The lowest BCUT2D eigenvalue weighted by molar-refractivity contribution is -0.889. The molecule has 0 saturated heterocycles. The van der Waals surface area contributed by atoms with E-state index in [1.54, 1.807) is 0 Å². The maximum atomic E-state index is 11.7. The number of Topliss-reactive ketones (excluding diaryl/α,β-unsaturated/α-hetero) is 1. The first-order valence-corrected chi connectivity index (χ1v) is 12.3. The molecule has 0 spiro atoms. The first kappa shape index (κ1) is 32.3. The van der Waals surface area contributed by atoms with Crippen LogP contribution < -0.4 is 0 Å². The van der Waals surface area contributed by atoms with Gasteiger partial charge in [0.25, 0.3) is 0 Å². The Balaban J connectivity index is 0. The van der Waals surface area contributed by atoms with Gasteiger partial charge in [0.05, 0.1) is 33.6 Å². The van der Waals surface area contributed by atoms with Crippen LogP contribution in [-0.4, -0.2) is 44.7 Å². The molecule has 0 atom stereocenters. The standard InChI is InChI=1S/C24H48NO.BF4/c1-6-7-8-9-10-11-12-13-14-15-16-17-18-19-21-25(4,5)22-20-24(26)23(2)3;2-1(3,4)5/h2,6-22H2,1,3-5H3;/q+1;-1. The van der Waals surface area contributed by atoms with Crippen molar-refractivity contribution in [1.82, 2.24) is 0 Å². The van der Waals surface area contributed by atoms with Gasteiger partial charge in [-0.25, -0.2) is 0 Å². The maximum Gasteiger partial charge on any atom is 0.673 e. The van der Waals surface area contributed by atoms with Crippen molar-refractivity contribution in [2.24, 2.45) is 0 Å². The van der Waals surface area contributed by atoms with Crippen LogP contribution in [0.5, 0.6) is 0 Å². The fourth-order valence-corrected chi connectivity index (χ4v) is 3.46. The Morgan fingerprint density at radius 1 is 0.710 bits per heavy atom. The molecule has 2 nitrogen and oxygen atoms in total. The van der Waals surface area contributed by atoms with Gasteiger partial charge < -0.3 is 21.7 Å². The summed E-state index contributed by atoms with van der Waals surface area (Å²) in [5.74, 6) is 0.220. The molecule has 0 N–H and O–H groups in total. The predicted octanol–water partition coefficient (Wildman–Crippen LogP) is 8.38. The molecule has 0 bridgehead atoms. The van der Waals surface area contributed by atoms with Gasteiger partial charge in [0, 0.05) is 0 Å². The van der Waals surface area contributed by atoms with E-state index in [0.717, 1.165) is 11.0 Å². The number of rotatable bonds is 19. The zero-order valence-electron chi connectivity index (χ0n) is 20.7. The fourth-order valence-electron chi connectivity index (χ4n) is 3.46. The first-order chi connectivity index (χ1) is 14.4. The van der Waals surface area contributed by atoms with E-state index in [1.165, 1.54) is 96.4 Å². The highest BCUT2D eigenvalue weighted by molar-refractivity contribution is 6.50. The van der Waals surface area contributed by atoms with Gasteiger partial charge in [-0.05, 0) is 25.3 Å². The summed E-state index contributed by atoms with van der Waals surface area (Å²) in [5.41, 5.74) is 0.696. The van der Waals surface area contributed by atoms with Gasteiger partial charge in [-0.15, -0.1) is 0 Å². The van der Waals surface area contributed by atoms with Gasteiger partial charge in [0.1, 0.15) is 0 Å². The van der Waals surface area contributed by atoms with Crippen LogP contribution in [0.3, 0.4) is 0 Å². The molecular weight excluding hydrogens is 405 g/mol. The summed E-state index contributed by atoms with van der Waals surface area (Å²) < 4.78 is 40.0. The number of carbonyl (C=O) groups excluding carboxylic acids is 1. The van der Waals surface area contributed by atoms with Gasteiger partial charge in [-0.3, -0.25) is 4.79 Å². The van der Waals surface area contributed by atoms with E-state index in [9.17, 15) is 22.1 Å². The smallest absolute Gasteiger partial charge is 0.418 e. The third kappa shape index (κ3) is 31.4. The second-order valence-corrected chi connectivity index (χ2v) is 9.43. The molecule has 0 rings (SSSR count). The van der Waals surface area contributed by atoms with Crippen LogP contribution in [0, 0.1) is 0 Å². The van der Waals surface area contributed by atoms with Gasteiger partial charge in [-0.2, -0.15) is 0 Å². The SMILES string of the molecule is C=C(C)C(=O)CC[N+](C)(C)CCCCCCCCCCCCCCCC.F[B-](F)(F)F. The molecule has 0 aromatic carbocycles. The Morgan fingerprint density at radius 3 is 1.35 bits per heavy atom. The summed E-state index contributed by atoms with van der Waals surface area (Å²) in [4.78, 5) is 11.7. The number of halogens is 4. The number of nitrogens with zero attached hydrogens (tertiary/aromatic N) is 1. The number of quaternary nitrogens is 1. The molecule has 0 saturated carbocycles. The highest BCUT2D eigenvalue weighted by Gasteiger charge is 2.20. The lowest BCUT2D eigenvalue weighted by Gasteiger charge is -2.29. The summed E-state index contributed by atoms with van der Waals surface area (Å²) in [6.07, 6.45) is 20.3. The number of hydrogen-bond donors (Lipinski definition) is 0. The molecule has 31 heavy (non-hydrogen) atoms. The van der Waals surface area contributed by atoms with Crippen molar-refractivity contribution in [3.05, 3.63) is 12.2 Å². The summed E-state index contributed by atoms with van der Waals surface area (Å²) >= 11 is 0. The average Bonchev–Trinajstić information content (AvgIpc) is 2.65. The van der Waals surface area contributed by atoms with Crippen LogP contribution in [0.2, 0.25) is 0 Å². The molecule has 7 heteroatoms. The minimum Gasteiger partial charge on any atom is -0.418 e. The van der Waals surface area contributed by atoms with E-state index < -0.39 is 7.25 Å². The Bertz CT molecular complexity index is 447. The van der Waals surface area contributed by atoms with Crippen LogP contribution in [0.25, 0.3) is 0 Å². The van der Waals surface area contributed by atoms with Crippen molar-refractivity contribution in [3.8, 4) is 0 Å². The van der Waals surface area contributed by atoms with Crippen LogP contribution in [0.1, 0.15) is 110 Å². The van der Waals surface area contributed by atoms with Crippen molar-refractivity contribution in [2.45, 2.75) is 110 Å². The highest BCUT2D eigenvalue weighted by atomic mass is 19.5. The van der Waals surface area contributed by atoms with Crippen molar-refractivity contribution in [3.63, 3.8) is 0 Å². The van der Waals surface area contributed by atoms with Crippen LogP contribution in [-0.2, 0) is 4.79 Å². The third-order valence-electron chi connectivity index (χ3n) is 5.54. The largest absolute Gasteiger partial charge is 0.673 e. The molecule has 0 unspecified atom stereocenters. The monoisotopic (exact) mass is 453 g/mol. The summed E-state index contributed by atoms with van der Waals surface area (Å²) in [7, 11) is -1.51. The van der Waals surface area contributed by atoms with Gasteiger partial charge in [0.2, 0.25) is 0 Å². The average molecular weight is 453 g/mol. The lowest BCUT2D eigenvalue weighted by atomic mass is 10.0. The summed E-state index contributed by atoms with van der Waals surface area (Å²) in [5, 5.41) is 0. The number of hydrogen-bond acceptors (Lipinski definition) is 1. The zero-order valence-corrected chi connectivity index (χ0v) is 20.7. The van der Waals surface area contributed by atoms with Crippen molar-refractivity contribution in [1.29, 1.82) is 0 Å². The molecule has 0 amide bonds. The van der Waals surface area contributed by atoms with E-state index >= 15 is 0 Å². The Kier molecular flexibility index (Phi) is 20.7. The minimum atomic E-state index is -6.00. The number of carbonyl (C=O) groups is 1. The molecular formula is C24H48BF4NO. The maximum absolute atomic E-state index is 11.7. The molecule has 0 aliphatic heterocycles. The molecule has 0 heterocycles. The quantitative estimate of drug-likeness (QED) is 0.0631. The minimum absolute atomic E-state index is 0.220. The van der Waals surface area contributed by atoms with Crippen LogP contribution in [0.4, 0.5) is 17.3 Å². The van der Waals surface area contributed by atoms with E-state index in [4.69, 9.17) is 0 Å². The van der Waals surface area contributed by atoms with Gasteiger partial charge in [-0.1, -0.05) is 90.6 Å². The van der Waals surface area contributed by atoms with Crippen molar-refractivity contribution >= 4 is 13.0 Å². The van der Waals surface area contributed by atoms with Gasteiger partial charge >= 0.3 is 7.25 Å². The Labute approximate surface area is 189 Å². The molecule has 0 aliphatic rings. The topological polar surface area (TPSA) is 17.1 Å². The second kappa shape index (κ2) is 19.8. The lowest BCUT2D eigenvalue weighted by Crippen LogP contribution is -2.42. The summed E-state index contributed by atoms with van der Waals surface area (Å²) in [6.45, 7) is 9.96. The van der Waals surface area contributed by atoms with E-state index in [0.29, 0.717) is 12.0 Å². The Morgan fingerprint density at radius 2 is 1.03 bits per heavy atom. The molecule has 0 aliphatic carbocycles. The summed E-state index contributed by atoms with van der Waals surface area (Å²) in [6, 6.07) is 0. The van der Waals surface area contributed by atoms with Crippen molar-refractivity contribution in [2.75, 3.05) is 27.2 Å². The molecule has 0 radical (unpaired) electrons. The predicted molar refractivity (Wildman–Crippen MR) is 127 cm³/mol. The number of ketones is 1. The number of unbranched alkanes of at least 4 members (excludes halogenated alkanes) is 13. The van der Waals surface area contributed by atoms with Crippen LogP contribution in [0.15, 0.2) is 12.2 Å². The molecule has 0 aromatic heterocycles. The van der Waals surface area contributed by atoms with Crippen molar-refractivity contribution < 1.29 is 26.5 Å². The van der Waals surface area contributed by atoms with Gasteiger partial charge in [0.15, 0.2) is 5.78 Å². The molecule has 0 fully saturated rings. The van der Waals surface area contributed by atoms with E-state index in [1.807, 2.05) is 6.92 Å². The van der Waals surface area contributed by atoms with E-state index in [-0.39, 0.29) is 5.78 Å². The normalized spacial score (nSPS) is 11.7. The fraction of sp³-hybridized carbons (Fsp3) is 0.875. The zero-order chi connectivity index (χ0) is 24.2. The number of allylic oxidation sites excluding steroid dienone is 1. The van der Waals surface area contributed by atoms with Crippen LogP contribution >= 0.6 is 0 Å². The highest BCUT2D eigenvalue weighted by Crippen LogP contribution is 2.14. The Hall–Kier alpha value is -0.845. The first-order valence-electron chi connectivity index (χ1n) is 12.3. The third-order valence-corrected chi connectivity index (χ3v) is 5.54. The van der Waals surface area contributed by atoms with E-state index in [2.05, 4.69) is 27.6 Å². The molecule has 186 valence electrons. The second-order valence-electron chi connectivity index (χ2n) is 9.43. The molecule has 0 aromatic rings.